The first-order valence-electron chi connectivity index (χ1n) is 18.3. The van der Waals surface area contributed by atoms with Gasteiger partial charge in [-0.05, 0) is 85.0 Å². The first-order valence-corrected chi connectivity index (χ1v) is 18.3. The first-order chi connectivity index (χ1) is 25.8. The Morgan fingerprint density at radius 1 is 0.654 bits per heavy atom. The molecule has 2 aromatic carbocycles. The lowest BCUT2D eigenvalue weighted by atomic mass is 9.79. The van der Waals surface area contributed by atoms with E-state index >= 15 is 0 Å². The van der Waals surface area contributed by atoms with E-state index in [1.54, 1.807) is 0 Å². The predicted octanol–water partition coefficient (Wildman–Crippen LogP) is 8.93. The van der Waals surface area contributed by atoms with Crippen molar-refractivity contribution >= 4 is 5.69 Å². The van der Waals surface area contributed by atoms with Crippen LogP contribution in [0.25, 0.3) is 45.0 Å². The Kier molecular flexibility index (Phi) is 7.63. The molecule has 1 saturated heterocycles. The third-order valence-corrected chi connectivity index (χ3v) is 11.2. The minimum Gasteiger partial charge on any atom is -0.472 e. The summed E-state index contributed by atoms with van der Waals surface area (Å²) in [4.78, 5) is 21.3. The van der Waals surface area contributed by atoms with Gasteiger partial charge in [0.05, 0.1) is 23.1 Å². The molecular formula is C45H38N6O. The summed E-state index contributed by atoms with van der Waals surface area (Å²) in [5, 5.41) is 3.79. The molecule has 6 atom stereocenters. The molecule has 7 nitrogen and oxygen atoms in total. The molecule has 0 saturated carbocycles. The molecule has 5 aromatic rings. The van der Waals surface area contributed by atoms with Crippen LogP contribution in [0.2, 0.25) is 0 Å². The quantitative estimate of drug-likeness (QED) is 0.192. The Bertz CT molecular complexity index is 2260. The third kappa shape index (κ3) is 5.44. The van der Waals surface area contributed by atoms with Gasteiger partial charge < -0.3 is 15.0 Å². The molecule has 5 aliphatic rings. The molecule has 0 amide bonds. The van der Waals surface area contributed by atoms with Gasteiger partial charge in [-0.15, -0.1) is 0 Å². The van der Waals surface area contributed by atoms with Gasteiger partial charge in [-0.3, -0.25) is 9.97 Å². The average Bonchev–Trinajstić information content (AvgIpc) is 3.82. The van der Waals surface area contributed by atoms with Crippen molar-refractivity contribution in [2.45, 2.75) is 37.6 Å². The van der Waals surface area contributed by atoms with E-state index in [-0.39, 0.29) is 12.3 Å². The Morgan fingerprint density at radius 3 is 2.02 bits per heavy atom. The number of ether oxygens (including phenoxy) is 1. The highest BCUT2D eigenvalue weighted by molar-refractivity contribution is 5.74. The highest BCUT2D eigenvalue weighted by atomic mass is 16.5. The second-order valence-electron chi connectivity index (χ2n) is 14.2. The Labute approximate surface area is 303 Å². The van der Waals surface area contributed by atoms with Gasteiger partial charge >= 0.3 is 0 Å². The second-order valence-corrected chi connectivity index (χ2v) is 14.2. The van der Waals surface area contributed by atoms with E-state index in [4.69, 9.17) is 14.7 Å². The van der Waals surface area contributed by atoms with E-state index in [2.05, 4.69) is 123 Å². The fraction of sp³-hybridized carbons (Fsp3) is 0.200. The number of nitrogens with zero attached hydrogens (tertiary/aromatic N) is 5. The smallest absolute Gasteiger partial charge is 0.176 e. The van der Waals surface area contributed by atoms with Crippen molar-refractivity contribution in [1.29, 1.82) is 0 Å². The zero-order valence-electron chi connectivity index (χ0n) is 28.7. The summed E-state index contributed by atoms with van der Waals surface area (Å²) in [6, 6.07) is 28.2. The number of rotatable bonds is 6. The molecular weight excluding hydrogens is 641 g/mol. The van der Waals surface area contributed by atoms with Crippen LogP contribution in [0.3, 0.4) is 0 Å². The highest BCUT2D eigenvalue weighted by Crippen LogP contribution is 2.52. The minimum absolute atomic E-state index is 0.00648. The van der Waals surface area contributed by atoms with Crippen molar-refractivity contribution < 1.29 is 4.74 Å². The minimum atomic E-state index is 0.00648. The lowest BCUT2D eigenvalue weighted by molar-refractivity contribution is 0.0682. The number of nitrogens with one attached hydrogen (secondary N) is 1. The van der Waals surface area contributed by atoms with E-state index in [1.807, 2.05) is 49.1 Å². The molecule has 7 heteroatoms. The molecule has 6 unspecified atom stereocenters. The number of benzene rings is 2. The molecule has 3 aliphatic carbocycles. The first kappa shape index (κ1) is 30.7. The van der Waals surface area contributed by atoms with Gasteiger partial charge in [-0.2, -0.15) is 0 Å². The summed E-state index contributed by atoms with van der Waals surface area (Å²) in [7, 11) is 0. The summed E-state index contributed by atoms with van der Waals surface area (Å²) in [5.74, 6) is 2.89. The molecule has 1 N–H and O–H groups in total. The highest BCUT2D eigenvalue weighted by Gasteiger charge is 2.53. The van der Waals surface area contributed by atoms with Crippen molar-refractivity contribution in [2.24, 2.45) is 17.8 Å². The van der Waals surface area contributed by atoms with Crippen LogP contribution in [0, 0.1) is 17.8 Å². The van der Waals surface area contributed by atoms with Crippen LogP contribution in [0.1, 0.15) is 19.3 Å². The van der Waals surface area contributed by atoms with Crippen molar-refractivity contribution in [3.8, 4) is 45.0 Å². The largest absolute Gasteiger partial charge is 0.472 e. The zero-order chi connectivity index (χ0) is 34.4. The standard InChI is InChI=1S/C45H38N6O/c1-2-6-34(7-3-1)45-50-37-18-19-41-42(43(37)52-45)36-8-4-5-9-40(36)51(41)35-16-14-33(15-17-35)44-48-38(28-39(49-44)32-22-26-47-27-23-32)31-12-10-29(11-13-31)30-20-24-46-25-21-30/h1-6,8-17,20-28,34,36,40-42,45,50H,7,18-19H2. The normalized spacial score (nSPS) is 25.3. The van der Waals surface area contributed by atoms with Crippen LogP contribution >= 0.6 is 0 Å². The van der Waals surface area contributed by atoms with Crippen LogP contribution in [0.5, 0.6) is 0 Å². The number of pyridine rings is 2. The fourth-order valence-corrected chi connectivity index (χ4v) is 8.73. The molecule has 254 valence electrons. The van der Waals surface area contributed by atoms with Crippen molar-refractivity contribution in [2.75, 3.05) is 4.90 Å². The summed E-state index contributed by atoms with van der Waals surface area (Å²) in [5.41, 5.74) is 9.56. The topological polar surface area (TPSA) is 76.1 Å². The lowest BCUT2D eigenvalue weighted by Crippen LogP contribution is -2.39. The van der Waals surface area contributed by atoms with E-state index in [0.717, 1.165) is 58.5 Å². The molecule has 10 rings (SSSR count). The number of fused-ring (bicyclic) bond motifs is 4. The van der Waals surface area contributed by atoms with E-state index in [9.17, 15) is 0 Å². The number of allylic oxidation sites excluding steroid dienone is 6. The second kappa shape index (κ2) is 12.9. The SMILES string of the molecule is C1=CCC(C2NC3=C(O2)C2C4C=CC=CC4N(c4ccc(-c5nc(-c6ccncc6)cc(-c6ccc(-c7ccncc7)cc6)n5)cc4)C2CC3)C=C1. The zero-order valence-corrected chi connectivity index (χ0v) is 28.7. The van der Waals surface area contributed by atoms with Gasteiger partial charge in [-0.25, -0.2) is 9.97 Å². The van der Waals surface area contributed by atoms with E-state index in [0.29, 0.717) is 29.6 Å². The van der Waals surface area contributed by atoms with Crippen molar-refractivity contribution in [3.05, 3.63) is 164 Å². The third-order valence-electron chi connectivity index (χ3n) is 11.2. The predicted molar refractivity (Wildman–Crippen MR) is 205 cm³/mol. The molecule has 0 radical (unpaired) electrons. The Morgan fingerprint density at radius 2 is 1.29 bits per heavy atom. The molecule has 52 heavy (non-hydrogen) atoms. The summed E-state index contributed by atoms with van der Waals surface area (Å²) < 4.78 is 6.83. The Hall–Kier alpha value is -6.08. The van der Waals surface area contributed by atoms with Crippen LogP contribution in [-0.2, 0) is 4.74 Å². The number of aromatic nitrogens is 4. The monoisotopic (exact) mass is 678 g/mol. The molecule has 0 spiro atoms. The van der Waals surface area contributed by atoms with Crippen LogP contribution < -0.4 is 10.2 Å². The molecule has 3 aromatic heterocycles. The number of hydrogen-bond donors (Lipinski definition) is 1. The van der Waals surface area contributed by atoms with Crippen molar-refractivity contribution in [3.63, 3.8) is 0 Å². The van der Waals surface area contributed by atoms with Gasteiger partial charge in [0, 0.05) is 71.0 Å². The summed E-state index contributed by atoms with van der Waals surface area (Å²) >= 11 is 0. The number of hydrogen-bond acceptors (Lipinski definition) is 7. The van der Waals surface area contributed by atoms with Crippen LogP contribution in [0.4, 0.5) is 5.69 Å². The maximum atomic E-state index is 6.83. The van der Waals surface area contributed by atoms with E-state index < -0.39 is 0 Å². The van der Waals surface area contributed by atoms with Crippen molar-refractivity contribution in [1.82, 2.24) is 25.3 Å². The lowest BCUT2D eigenvalue weighted by Gasteiger charge is -2.35. The van der Waals surface area contributed by atoms with Gasteiger partial charge in [0.15, 0.2) is 12.1 Å². The number of anilines is 1. The Balaban J connectivity index is 0.966. The van der Waals surface area contributed by atoms with Gasteiger partial charge in [0.1, 0.15) is 5.76 Å². The molecule has 2 aliphatic heterocycles. The molecule has 5 heterocycles. The van der Waals surface area contributed by atoms with Crippen LogP contribution in [0.15, 0.2) is 164 Å². The van der Waals surface area contributed by atoms with E-state index in [1.165, 1.54) is 17.1 Å². The fourth-order valence-electron chi connectivity index (χ4n) is 8.73. The molecule has 1 fully saturated rings. The summed E-state index contributed by atoms with van der Waals surface area (Å²) in [6.07, 6.45) is 28.3. The van der Waals surface area contributed by atoms with Gasteiger partial charge in [0.2, 0.25) is 0 Å². The van der Waals surface area contributed by atoms with Gasteiger partial charge in [0.25, 0.3) is 0 Å². The maximum absolute atomic E-state index is 6.83. The molecule has 0 bridgehead atoms. The average molecular weight is 679 g/mol. The maximum Gasteiger partial charge on any atom is 0.176 e. The van der Waals surface area contributed by atoms with Crippen LogP contribution in [-0.4, -0.2) is 38.2 Å². The van der Waals surface area contributed by atoms with Gasteiger partial charge in [-0.1, -0.05) is 72.9 Å². The summed E-state index contributed by atoms with van der Waals surface area (Å²) in [6.45, 7) is 0.